The number of hydrogen-bond donors (Lipinski definition) is 0. The Morgan fingerprint density at radius 3 is 2.24 bits per heavy atom. The topological polar surface area (TPSA) is 34.1 Å². The minimum absolute atomic E-state index is 0.121. The molecule has 0 bridgehead atoms. The summed E-state index contributed by atoms with van der Waals surface area (Å²) in [5.41, 5.74) is 0.336. The first-order valence-electron chi connectivity index (χ1n) is 6.23. The fourth-order valence-corrected chi connectivity index (χ4v) is 2.91. The Bertz CT molecular complexity index is 414. The summed E-state index contributed by atoms with van der Waals surface area (Å²) in [6.45, 7) is 1.58. The van der Waals surface area contributed by atoms with E-state index in [2.05, 4.69) is 0 Å². The predicted molar refractivity (Wildman–Crippen MR) is 67.0 cm³/mol. The second kappa shape index (κ2) is 4.82. The first-order chi connectivity index (χ1) is 8.14. The smallest absolute Gasteiger partial charge is 0.169 e. The van der Waals surface area contributed by atoms with Gasteiger partial charge in [0.1, 0.15) is 5.78 Å². The predicted octanol–water partition coefficient (Wildman–Crippen LogP) is 3.41. The molecule has 0 radical (unpaired) electrons. The molecule has 1 aromatic carbocycles. The Hall–Kier alpha value is -1.44. The van der Waals surface area contributed by atoms with Crippen molar-refractivity contribution in [1.82, 2.24) is 0 Å². The zero-order chi connectivity index (χ0) is 12.3. The molecule has 0 N–H and O–H groups in total. The molecular weight excluding hydrogens is 212 g/mol. The van der Waals surface area contributed by atoms with Crippen LogP contribution in [0.15, 0.2) is 30.3 Å². The molecule has 0 saturated heterocycles. The molecule has 1 aromatic rings. The SMILES string of the molecule is CC(=O)CC1(C(=O)c2ccccc2)CCCC1. The molecule has 2 heteroatoms. The Morgan fingerprint density at radius 1 is 1.12 bits per heavy atom. The van der Waals surface area contributed by atoms with Crippen LogP contribution in [-0.4, -0.2) is 11.6 Å². The summed E-state index contributed by atoms with van der Waals surface area (Å²) in [6.07, 6.45) is 4.25. The average molecular weight is 230 g/mol. The van der Waals surface area contributed by atoms with Gasteiger partial charge in [-0.2, -0.15) is 0 Å². The standard InChI is InChI=1S/C15H18O2/c1-12(16)11-15(9-5-6-10-15)14(17)13-7-3-2-4-8-13/h2-4,7-8H,5-6,9-11H2,1H3. The van der Waals surface area contributed by atoms with E-state index in [0.717, 1.165) is 31.2 Å². The highest BCUT2D eigenvalue weighted by Gasteiger charge is 2.41. The lowest BCUT2D eigenvalue weighted by Crippen LogP contribution is -2.30. The minimum atomic E-state index is -0.410. The molecule has 0 unspecified atom stereocenters. The summed E-state index contributed by atoms with van der Waals surface area (Å²) < 4.78 is 0. The molecule has 0 atom stereocenters. The van der Waals surface area contributed by atoms with Gasteiger partial charge in [-0.1, -0.05) is 43.2 Å². The Labute approximate surface area is 102 Å². The van der Waals surface area contributed by atoms with E-state index >= 15 is 0 Å². The number of carbonyl (C=O) groups is 2. The van der Waals surface area contributed by atoms with E-state index < -0.39 is 5.41 Å². The largest absolute Gasteiger partial charge is 0.300 e. The third-order valence-corrected chi connectivity index (χ3v) is 3.67. The molecule has 17 heavy (non-hydrogen) atoms. The molecule has 1 aliphatic rings. The first-order valence-corrected chi connectivity index (χ1v) is 6.23. The van der Waals surface area contributed by atoms with Gasteiger partial charge < -0.3 is 0 Å². The van der Waals surface area contributed by atoms with Crippen molar-refractivity contribution in [2.45, 2.75) is 39.0 Å². The van der Waals surface area contributed by atoms with Crippen molar-refractivity contribution in [2.24, 2.45) is 5.41 Å². The summed E-state index contributed by atoms with van der Waals surface area (Å²) in [4.78, 5) is 23.9. The normalized spacial score (nSPS) is 17.9. The number of ketones is 2. The van der Waals surface area contributed by atoms with Gasteiger partial charge in [-0.05, 0) is 19.8 Å². The van der Waals surface area contributed by atoms with E-state index in [9.17, 15) is 9.59 Å². The molecule has 2 nitrogen and oxygen atoms in total. The van der Waals surface area contributed by atoms with Crippen LogP contribution in [-0.2, 0) is 4.79 Å². The lowest BCUT2D eigenvalue weighted by molar-refractivity contribution is -0.118. The van der Waals surface area contributed by atoms with Crippen LogP contribution in [0.2, 0.25) is 0 Å². The number of Topliss-reactive ketones (excluding diaryl/α,β-unsaturated/α-hetero) is 2. The van der Waals surface area contributed by atoms with Crippen molar-refractivity contribution in [2.75, 3.05) is 0 Å². The Morgan fingerprint density at radius 2 is 1.71 bits per heavy atom. The molecule has 0 heterocycles. The number of rotatable bonds is 4. The molecule has 2 rings (SSSR count). The fourth-order valence-electron chi connectivity index (χ4n) is 2.91. The van der Waals surface area contributed by atoms with Crippen molar-refractivity contribution in [1.29, 1.82) is 0 Å². The van der Waals surface area contributed by atoms with E-state index in [-0.39, 0.29) is 11.6 Å². The summed E-state index contributed by atoms with van der Waals surface area (Å²) in [6, 6.07) is 9.36. The maximum Gasteiger partial charge on any atom is 0.169 e. The Balaban J connectivity index is 2.28. The third kappa shape index (κ3) is 2.46. The van der Waals surface area contributed by atoms with Gasteiger partial charge in [0.2, 0.25) is 0 Å². The Kier molecular flexibility index (Phi) is 3.41. The van der Waals surface area contributed by atoms with Crippen LogP contribution in [0.25, 0.3) is 0 Å². The molecule has 0 spiro atoms. The zero-order valence-corrected chi connectivity index (χ0v) is 10.2. The van der Waals surface area contributed by atoms with E-state index in [4.69, 9.17) is 0 Å². The second-order valence-electron chi connectivity index (χ2n) is 5.06. The number of benzene rings is 1. The van der Waals surface area contributed by atoms with Crippen LogP contribution in [0.4, 0.5) is 0 Å². The second-order valence-corrected chi connectivity index (χ2v) is 5.06. The van der Waals surface area contributed by atoms with Gasteiger partial charge in [0, 0.05) is 17.4 Å². The highest BCUT2D eigenvalue weighted by molar-refractivity contribution is 6.02. The highest BCUT2D eigenvalue weighted by atomic mass is 16.1. The molecule has 1 saturated carbocycles. The first kappa shape index (κ1) is 12.0. The van der Waals surface area contributed by atoms with Gasteiger partial charge in [0.05, 0.1) is 0 Å². The van der Waals surface area contributed by atoms with E-state index in [0.29, 0.717) is 6.42 Å². The minimum Gasteiger partial charge on any atom is -0.300 e. The van der Waals surface area contributed by atoms with Crippen LogP contribution in [0.1, 0.15) is 49.4 Å². The number of hydrogen-bond acceptors (Lipinski definition) is 2. The summed E-state index contributed by atoms with van der Waals surface area (Å²) in [7, 11) is 0. The van der Waals surface area contributed by atoms with Crippen LogP contribution in [0, 0.1) is 5.41 Å². The van der Waals surface area contributed by atoms with Crippen LogP contribution in [0.5, 0.6) is 0 Å². The van der Waals surface area contributed by atoms with Gasteiger partial charge in [0.15, 0.2) is 5.78 Å². The molecule has 1 fully saturated rings. The van der Waals surface area contributed by atoms with Gasteiger partial charge in [-0.25, -0.2) is 0 Å². The van der Waals surface area contributed by atoms with Gasteiger partial charge in [-0.3, -0.25) is 9.59 Å². The van der Waals surface area contributed by atoms with Gasteiger partial charge >= 0.3 is 0 Å². The molecule has 90 valence electrons. The van der Waals surface area contributed by atoms with Crippen molar-refractivity contribution in [3.63, 3.8) is 0 Å². The maximum atomic E-state index is 12.6. The summed E-state index contributed by atoms with van der Waals surface area (Å²) in [5, 5.41) is 0. The van der Waals surface area contributed by atoms with Gasteiger partial charge in [-0.15, -0.1) is 0 Å². The lowest BCUT2D eigenvalue weighted by atomic mass is 9.75. The third-order valence-electron chi connectivity index (χ3n) is 3.67. The van der Waals surface area contributed by atoms with Crippen LogP contribution >= 0.6 is 0 Å². The van der Waals surface area contributed by atoms with E-state index in [1.54, 1.807) is 6.92 Å². The van der Waals surface area contributed by atoms with Crippen molar-refractivity contribution >= 4 is 11.6 Å². The molecule has 0 aromatic heterocycles. The quantitative estimate of drug-likeness (QED) is 0.743. The average Bonchev–Trinajstić information content (AvgIpc) is 2.78. The summed E-state index contributed by atoms with van der Waals surface area (Å²) >= 11 is 0. The molecule has 0 aliphatic heterocycles. The maximum absolute atomic E-state index is 12.6. The summed E-state index contributed by atoms with van der Waals surface area (Å²) in [5.74, 6) is 0.280. The molecular formula is C15H18O2. The van der Waals surface area contributed by atoms with E-state index in [1.165, 1.54) is 0 Å². The molecule has 0 amide bonds. The fraction of sp³-hybridized carbons (Fsp3) is 0.467. The van der Waals surface area contributed by atoms with Crippen LogP contribution in [0.3, 0.4) is 0 Å². The van der Waals surface area contributed by atoms with Crippen LogP contribution < -0.4 is 0 Å². The molecule has 1 aliphatic carbocycles. The highest BCUT2D eigenvalue weighted by Crippen LogP contribution is 2.43. The lowest BCUT2D eigenvalue weighted by Gasteiger charge is -2.26. The van der Waals surface area contributed by atoms with Gasteiger partial charge in [0.25, 0.3) is 0 Å². The van der Waals surface area contributed by atoms with E-state index in [1.807, 2.05) is 30.3 Å². The monoisotopic (exact) mass is 230 g/mol. The van der Waals surface area contributed by atoms with Crippen molar-refractivity contribution in [3.8, 4) is 0 Å². The van der Waals surface area contributed by atoms with Crippen molar-refractivity contribution < 1.29 is 9.59 Å². The number of carbonyl (C=O) groups excluding carboxylic acids is 2. The van der Waals surface area contributed by atoms with Crippen molar-refractivity contribution in [3.05, 3.63) is 35.9 Å². The zero-order valence-electron chi connectivity index (χ0n) is 10.2.